The number of aromatic nitrogens is 2. The number of rotatable bonds is 2. The molecule has 1 aromatic heterocycles. The second kappa shape index (κ2) is 13.0. The fourth-order valence-corrected chi connectivity index (χ4v) is 4.99. The topological polar surface area (TPSA) is 8.81 Å². The first-order valence-corrected chi connectivity index (χ1v) is 11.5. The van der Waals surface area contributed by atoms with Gasteiger partial charge in [0.1, 0.15) is 24.5 Å². The second-order valence-electron chi connectivity index (χ2n) is 8.72. The second-order valence-corrected chi connectivity index (χ2v) is 8.72. The fraction of sp³-hybridized carbons (Fsp3) is 0.870. The van der Waals surface area contributed by atoms with Gasteiger partial charge in [0.2, 0.25) is 6.33 Å². The van der Waals surface area contributed by atoms with Crippen LogP contribution in [0.3, 0.4) is 0 Å². The minimum Gasteiger partial charge on any atom is -1.00 e. The first-order valence-electron chi connectivity index (χ1n) is 11.5. The lowest BCUT2D eigenvalue weighted by molar-refractivity contribution is -0.724. The summed E-state index contributed by atoms with van der Waals surface area (Å²) in [5, 5.41) is 0. The van der Waals surface area contributed by atoms with E-state index in [0.29, 0.717) is 0 Å². The standard InChI is InChI=1S/C23H41N2.BrH/c1-3-7-11-15-22(16-12-8-4-1)24-19-20-25(21-24)23-17-13-9-5-2-6-10-14-18-23;/h19-23H,1-18H2;1H/q+1;/p-1. The molecule has 3 rings (SSSR count). The van der Waals surface area contributed by atoms with E-state index in [1.54, 1.807) is 0 Å². The summed E-state index contributed by atoms with van der Waals surface area (Å²) in [7, 11) is 0. The van der Waals surface area contributed by atoms with Crippen LogP contribution in [-0.2, 0) is 0 Å². The Morgan fingerprint density at radius 2 is 1.00 bits per heavy atom. The van der Waals surface area contributed by atoms with Gasteiger partial charge in [-0.1, -0.05) is 64.2 Å². The van der Waals surface area contributed by atoms with Gasteiger partial charge in [-0.05, 0) is 51.4 Å². The molecule has 1 heterocycles. The van der Waals surface area contributed by atoms with E-state index in [2.05, 4.69) is 27.9 Å². The van der Waals surface area contributed by atoms with Crippen LogP contribution < -0.4 is 21.5 Å². The van der Waals surface area contributed by atoms with E-state index in [1.807, 2.05) is 0 Å². The van der Waals surface area contributed by atoms with Crippen molar-refractivity contribution in [2.24, 2.45) is 0 Å². The number of nitrogens with zero attached hydrogens (tertiary/aromatic N) is 2. The zero-order chi connectivity index (χ0) is 17.2. The Kier molecular flexibility index (Phi) is 11.0. The monoisotopic (exact) mass is 424 g/mol. The smallest absolute Gasteiger partial charge is 0.244 e. The lowest BCUT2D eigenvalue weighted by atomic mass is 9.97. The summed E-state index contributed by atoms with van der Waals surface area (Å²) in [5.41, 5.74) is 0. The highest BCUT2D eigenvalue weighted by Gasteiger charge is 2.21. The molecule has 2 aliphatic carbocycles. The molecule has 1 aromatic rings. The summed E-state index contributed by atoms with van der Waals surface area (Å²) in [6.45, 7) is 0. The summed E-state index contributed by atoms with van der Waals surface area (Å²) in [4.78, 5) is 0. The van der Waals surface area contributed by atoms with Crippen molar-refractivity contribution in [1.29, 1.82) is 0 Å². The molecule has 3 heteroatoms. The van der Waals surface area contributed by atoms with Gasteiger partial charge >= 0.3 is 0 Å². The van der Waals surface area contributed by atoms with Crippen LogP contribution >= 0.6 is 0 Å². The Balaban J connectivity index is 0.00000243. The molecule has 0 bridgehead atoms. The largest absolute Gasteiger partial charge is 1.00 e. The minimum atomic E-state index is 0. The average molecular weight is 425 g/mol. The molecule has 2 fully saturated rings. The van der Waals surface area contributed by atoms with Gasteiger partial charge in [0.15, 0.2) is 0 Å². The molecule has 0 aromatic carbocycles. The maximum Gasteiger partial charge on any atom is 0.244 e. The van der Waals surface area contributed by atoms with Crippen LogP contribution in [0.25, 0.3) is 0 Å². The van der Waals surface area contributed by atoms with Gasteiger partial charge in [0.05, 0.1) is 0 Å². The molecule has 2 aliphatic rings. The Bertz CT molecular complexity index is 410. The Hall–Kier alpha value is -0.310. The molecule has 0 saturated heterocycles. The minimum absolute atomic E-state index is 0. The molecule has 0 N–H and O–H groups in total. The van der Waals surface area contributed by atoms with Crippen LogP contribution in [0, 0.1) is 0 Å². The predicted octanol–water partition coefficient (Wildman–Crippen LogP) is 3.91. The van der Waals surface area contributed by atoms with E-state index in [0.717, 1.165) is 12.1 Å². The third kappa shape index (κ3) is 7.37. The molecule has 0 amide bonds. The summed E-state index contributed by atoms with van der Waals surface area (Å²) in [6.07, 6.45) is 33.0. The van der Waals surface area contributed by atoms with Crippen molar-refractivity contribution >= 4 is 0 Å². The Morgan fingerprint density at radius 1 is 0.577 bits per heavy atom. The van der Waals surface area contributed by atoms with Gasteiger partial charge in [-0.25, -0.2) is 9.13 Å². The summed E-state index contributed by atoms with van der Waals surface area (Å²) in [5.74, 6) is 0. The molecule has 0 unspecified atom stereocenters. The molecule has 0 aliphatic heterocycles. The molecular formula is C23H41BrN2. The van der Waals surface area contributed by atoms with Crippen molar-refractivity contribution in [3.63, 3.8) is 0 Å². The van der Waals surface area contributed by atoms with Gasteiger partial charge < -0.3 is 17.0 Å². The van der Waals surface area contributed by atoms with Crippen LogP contribution in [0.5, 0.6) is 0 Å². The van der Waals surface area contributed by atoms with Gasteiger partial charge in [-0.3, -0.25) is 0 Å². The van der Waals surface area contributed by atoms with E-state index in [1.165, 1.54) is 116 Å². The van der Waals surface area contributed by atoms with Gasteiger partial charge in [-0.2, -0.15) is 0 Å². The molecular weight excluding hydrogens is 384 g/mol. The number of hydrogen-bond acceptors (Lipinski definition) is 0. The third-order valence-electron chi connectivity index (χ3n) is 6.67. The lowest BCUT2D eigenvalue weighted by Gasteiger charge is -2.17. The Labute approximate surface area is 172 Å². The maximum absolute atomic E-state index is 2.57. The van der Waals surface area contributed by atoms with Gasteiger partial charge in [-0.15, -0.1) is 0 Å². The van der Waals surface area contributed by atoms with Crippen LogP contribution in [0.2, 0.25) is 0 Å². The summed E-state index contributed by atoms with van der Waals surface area (Å²) < 4.78 is 5.14. The SMILES string of the molecule is [Br-].c1c[n+](C2CCCCCCCCC2)cn1C1CCCCCCCCC1. The maximum atomic E-state index is 2.57. The van der Waals surface area contributed by atoms with Crippen molar-refractivity contribution in [2.45, 2.75) is 128 Å². The average Bonchev–Trinajstić information content (AvgIpc) is 3.14. The normalized spacial score (nSPS) is 23.1. The Morgan fingerprint density at radius 3 is 1.50 bits per heavy atom. The molecule has 2 saturated carbocycles. The van der Waals surface area contributed by atoms with Crippen molar-refractivity contribution in [3.05, 3.63) is 18.7 Å². The zero-order valence-electron chi connectivity index (χ0n) is 16.9. The van der Waals surface area contributed by atoms with Crippen LogP contribution in [0.15, 0.2) is 18.7 Å². The van der Waals surface area contributed by atoms with Crippen LogP contribution in [0.1, 0.15) is 128 Å². The van der Waals surface area contributed by atoms with E-state index in [-0.39, 0.29) is 17.0 Å². The van der Waals surface area contributed by atoms with Crippen molar-refractivity contribution < 1.29 is 21.5 Å². The summed E-state index contributed by atoms with van der Waals surface area (Å²) >= 11 is 0. The number of imidazole rings is 1. The first-order chi connectivity index (χ1) is 12.4. The lowest BCUT2D eigenvalue weighted by Crippen LogP contribution is -3.00. The van der Waals surface area contributed by atoms with Gasteiger partial charge in [0.25, 0.3) is 0 Å². The van der Waals surface area contributed by atoms with Crippen molar-refractivity contribution in [2.75, 3.05) is 0 Å². The highest BCUT2D eigenvalue weighted by Crippen LogP contribution is 2.26. The van der Waals surface area contributed by atoms with Crippen LogP contribution in [-0.4, -0.2) is 4.57 Å². The molecule has 0 atom stereocenters. The van der Waals surface area contributed by atoms with Crippen LogP contribution in [0.4, 0.5) is 0 Å². The molecule has 0 radical (unpaired) electrons. The van der Waals surface area contributed by atoms with Crippen molar-refractivity contribution in [1.82, 2.24) is 4.57 Å². The fourth-order valence-electron chi connectivity index (χ4n) is 4.99. The van der Waals surface area contributed by atoms with Crippen molar-refractivity contribution in [3.8, 4) is 0 Å². The highest BCUT2D eigenvalue weighted by molar-refractivity contribution is 4.77. The molecule has 150 valence electrons. The van der Waals surface area contributed by atoms with E-state index < -0.39 is 0 Å². The van der Waals surface area contributed by atoms with E-state index in [4.69, 9.17) is 0 Å². The molecule has 2 nitrogen and oxygen atoms in total. The number of halogens is 1. The number of hydrogen-bond donors (Lipinski definition) is 0. The highest BCUT2D eigenvalue weighted by atomic mass is 79.9. The molecule has 0 spiro atoms. The third-order valence-corrected chi connectivity index (χ3v) is 6.67. The zero-order valence-corrected chi connectivity index (χ0v) is 18.5. The quantitative estimate of drug-likeness (QED) is 0.636. The predicted molar refractivity (Wildman–Crippen MR) is 106 cm³/mol. The van der Waals surface area contributed by atoms with E-state index >= 15 is 0 Å². The molecule has 26 heavy (non-hydrogen) atoms. The van der Waals surface area contributed by atoms with E-state index in [9.17, 15) is 0 Å². The van der Waals surface area contributed by atoms with Gasteiger partial charge in [0, 0.05) is 0 Å². The summed E-state index contributed by atoms with van der Waals surface area (Å²) in [6, 6.07) is 1.50. The first kappa shape index (κ1) is 22.0.